The first-order chi connectivity index (χ1) is 35.7. The number of hydrogen-bond acceptors (Lipinski definition) is 9. The van der Waals surface area contributed by atoms with Gasteiger partial charge < -0.3 is 77.1 Å². The number of fused-ring (bicyclic) bond motifs is 8. The molecule has 2 N–H and O–H groups in total. The average Bonchev–Trinajstić information content (AvgIpc) is 3.40. The summed E-state index contributed by atoms with van der Waals surface area (Å²) in [7, 11) is -4.29. The van der Waals surface area contributed by atoms with Crippen LogP contribution in [0, 0.1) is 54.9 Å². The molecule has 7 aromatic carbocycles. The molecule has 0 amide bonds. The third-order valence-electron chi connectivity index (χ3n) is 11.3. The van der Waals surface area contributed by atoms with E-state index in [0.717, 1.165) is 41.5 Å². The maximum Gasteiger partial charge on any atom is 0.339 e. The number of hydrogen-bond donors (Lipinski definition) is 2. The van der Waals surface area contributed by atoms with Crippen molar-refractivity contribution in [1.29, 1.82) is 0 Å². The Morgan fingerprint density at radius 2 is 0.695 bits per heavy atom. The molecular weight excluding hydrogens is 1320 g/mol. The van der Waals surface area contributed by atoms with E-state index in [1.54, 1.807) is 18.2 Å². The number of thioether (sulfide) groups is 3. The van der Waals surface area contributed by atoms with Crippen molar-refractivity contribution in [3.05, 3.63) is 258 Å². The predicted octanol–water partition coefficient (Wildman–Crippen LogP) is 18.9. The van der Waals surface area contributed by atoms with Gasteiger partial charge in [0, 0.05) is 135 Å². The summed E-state index contributed by atoms with van der Waals surface area (Å²) in [5.74, 6) is 0.180. The van der Waals surface area contributed by atoms with E-state index in [-0.39, 0.29) is 189 Å². The van der Waals surface area contributed by atoms with Crippen LogP contribution in [-0.4, -0.2) is 37.4 Å². The van der Waals surface area contributed by atoms with Gasteiger partial charge in [-0.15, -0.1) is 5.75 Å². The van der Waals surface area contributed by atoms with Crippen molar-refractivity contribution >= 4 is 45.4 Å². The SMILES string of the molecule is C.C.CC.CC.CC.Cc1cc2c(O)c(c1)Cc1cc(CCc3ccccc3)cc(c1OS(=O)(=O)c1ccccc1)Cc1cc(C)cc(c1O)Cc1cc(CCc3ccccc3)cc(c1[O-])C2.[CH2-]SC.[CH2-]SC.[CH2-]SC.[CH3-].[CH3-].[CH3-].[Y].[Y].[Y]. The molecule has 1 aliphatic rings. The molecule has 6 nitrogen and oxygen atoms in total. The largest absolute Gasteiger partial charge is 0.872 e. The van der Waals surface area contributed by atoms with Gasteiger partial charge >= 0.3 is 10.1 Å². The maximum absolute atomic E-state index is 14.4. The molecule has 7 aromatic rings. The van der Waals surface area contributed by atoms with E-state index in [4.69, 9.17) is 4.18 Å². The monoisotopic (exact) mass is 1420 g/mol. The molecule has 449 valence electrons. The molecule has 13 heteroatoms. The zero-order chi connectivity index (χ0) is 55.2. The van der Waals surface area contributed by atoms with E-state index >= 15 is 0 Å². The second kappa shape index (κ2) is 52.2. The Morgan fingerprint density at radius 3 is 0.988 bits per heavy atom. The smallest absolute Gasteiger partial charge is 0.339 e. The number of benzene rings is 7. The number of phenolic OH excluding ortho intramolecular Hbond substituents is 2. The first kappa shape index (κ1) is 93.7. The van der Waals surface area contributed by atoms with Gasteiger partial charge in [-0.3, -0.25) is 18.8 Å². The van der Waals surface area contributed by atoms with Crippen molar-refractivity contribution in [2.45, 2.75) is 127 Å². The van der Waals surface area contributed by atoms with Crippen LogP contribution in [0.1, 0.15) is 134 Å². The van der Waals surface area contributed by atoms with Crippen molar-refractivity contribution < 1.29 is 126 Å². The molecular formula is C69H97O6S4Y3-7. The van der Waals surface area contributed by atoms with Crippen molar-refractivity contribution in [2.24, 2.45) is 0 Å². The fourth-order valence-electron chi connectivity index (χ4n) is 8.41. The Balaban J connectivity index is -0.000000447. The Bertz CT molecular complexity index is 2720. The van der Waals surface area contributed by atoms with Gasteiger partial charge in [0.05, 0.1) is 0 Å². The molecule has 0 fully saturated rings. The van der Waals surface area contributed by atoms with E-state index in [1.807, 2.05) is 159 Å². The minimum atomic E-state index is -4.29. The molecule has 0 heterocycles. The van der Waals surface area contributed by atoms with Gasteiger partial charge in [0.1, 0.15) is 22.1 Å². The predicted molar refractivity (Wildman–Crippen MR) is 355 cm³/mol. The van der Waals surface area contributed by atoms with Crippen LogP contribution < -0.4 is 9.29 Å². The van der Waals surface area contributed by atoms with E-state index in [2.05, 4.69) is 43.0 Å². The van der Waals surface area contributed by atoms with Crippen molar-refractivity contribution in [1.82, 2.24) is 0 Å². The van der Waals surface area contributed by atoms with Gasteiger partial charge in [-0.2, -0.15) is 8.42 Å². The molecule has 0 unspecified atom stereocenters. The van der Waals surface area contributed by atoms with Crippen LogP contribution in [0.25, 0.3) is 0 Å². The van der Waals surface area contributed by atoms with Crippen LogP contribution in [0.4, 0.5) is 0 Å². The normalized spacial score (nSPS) is 9.93. The van der Waals surface area contributed by atoms with Crippen LogP contribution in [-0.2, 0) is 160 Å². The van der Waals surface area contributed by atoms with Crippen molar-refractivity contribution in [3.8, 4) is 23.0 Å². The first-order valence-corrected chi connectivity index (χ1v) is 30.8. The van der Waals surface area contributed by atoms with Crippen molar-refractivity contribution in [3.63, 3.8) is 0 Å². The summed E-state index contributed by atoms with van der Waals surface area (Å²) in [4.78, 5) is 0.0197. The second-order valence-corrected chi connectivity index (χ2v) is 20.0. The molecule has 3 radical (unpaired) electrons. The molecule has 1 aliphatic carbocycles. The molecule has 8 bridgehead atoms. The topological polar surface area (TPSA) is 107 Å². The Labute approximate surface area is 591 Å². The summed E-state index contributed by atoms with van der Waals surface area (Å²) >= 11 is 4.50. The fraction of sp³-hybridized carbons (Fsp3) is 0.304. The summed E-state index contributed by atoms with van der Waals surface area (Å²) in [5, 5.41) is 38.5. The summed E-state index contributed by atoms with van der Waals surface area (Å²) in [6, 6.07) is 44.0. The number of phenols is 2. The van der Waals surface area contributed by atoms with Crippen LogP contribution in [0.3, 0.4) is 0 Å². The van der Waals surface area contributed by atoms with E-state index in [0.29, 0.717) is 50.9 Å². The Morgan fingerprint density at radius 1 is 0.451 bits per heavy atom. The van der Waals surface area contributed by atoms with Crippen LogP contribution in [0.5, 0.6) is 23.0 Å². The zero-order valence-electron chi connectivity index (χ0n) is 50.4. The zero-order valence-corrected chi connectivity index (χ0v) is 62.2. The van der Waals surface area contributed by atoms with Gasteiger partial charge in [-0.1, -0.05) is 206 Å². The quantitative estimate of drug-likeness (QED) is 0.108. The van der Waals surface area contributed by atoms with Crippen LogP contribution in [0.2, 0.25) is 0 Å². The van der Waals surface area contributed by atoms with Crippen LogP contribution in [0.15, 0.2) is 144 Å². The third-order valence-corrected chi connectivity index (χ3v) is 12.5. The minimum absolute atomic E-state index is 0. The van der Waals surface area contributed by atoms with E-state index in [1.165, 1.54) is 58.5 Å². The van der Waals surface area contributed by atoms with E-state index in [9.17, 15) is 23.7 Å². The molecule has 8 rings (SSSR count). The average molecular weight is 1420 g/mol. The molecule has 0 aliphatic heterocycles. The van der Waals surface area contributed by atoms with Crippen LogP contribution >= 0.6 is 35.3 Å². The summed E-state index contributed by atoms with van der Waals surface area (Å²) in [6.07, 6.45) is 19.6. The first-order valence-electron chi connectivity index (χ1n) is 25.2. The van der Waals surface area contributed by atoms with Gasteiger partial charge in [0.25, 0.3) is 0 Å². The summed E-state index contributed by atoms with van der Waals surface area (Å²) in [5.41, 5.74) is 10.9. The standard InChI is InChI=1S/C52H48O6S.3C2H5S.3C2H6.2CH4.3CH3.3Y/c1-34-22-40-30-44-26-38(20-18-36-12-6-3-7-13-36)27-45(51(44)55)31-41-23-35(2)25-43(50(41)54)33-47-29-39(21-19-37-14-8-4-9-15-37)28-46(32-42(24-34)49(40)53)52(47)58-59(56,57)48-16-10-5-11-17-48;3*1-3-2;3*1-2;;;;;;;;/h3-17,22-29,53-55H,18-21,30-33H2,1-2H3;3*1H2,2H3;3*1-2H3;2*1H4;3*1H3;;;/q;3*-1;;;;;;3*-1;;;/p-1. The van der Waals surface area contributed by atoms with Gasteiger partial charge in [0.15, 0.2) is 0 Å². The number of rotatable bonds is 9. The van der Waals surface area contributed by atoms with Gasteiger partial charge in [-0.25, -0.2) is 0 Å². The fourth-order valence-corrected chi connectivity index (χ4v) is 9.43. The van der Waals surface area contributed by atoms with Crippen molar-refractivity contribution in [2.75, 3.05) is 18.8 Å². The van der Waals surface area contributed by atoms with Gasteiger partial charge in [0.2, 0.25) is 0 Å². The molecule has 0 aromatic heterocycles. The Hall–Kier alpha value is -1.95. The molecule has 82 heavy (non-hydrogen) atoms. The summed E-state index contributed by atoms with van der Waals surface area (Å²) in [6.45, 7) is 15.9. The molecule has 0 atom stereocenters. The summed E-state index contributed by atoms with van der Waals surface area (Å²) < 4.78 is 34.2. The van der Waals surface area contributed by atoms with Gasteiger partial charge in [-0.05, 0) is 115 Å². The Kier molecular flexibility index (Phi) is 59.7. The minimum Gasteiger partial charge on any atom is -0.872 e. The van der Waals surface area contributed by atoms with E-state index < -0.39 is 10.1 Å². The number of aromatic hydroxyl groups is 2. The second-order valence-electron chi connectivity index (χ2n) is 16.7. The molecule has 0 spiro atoms. The number of aryl methyl sites for hydroxylation is 6. The third kappa shape index (κ3) is 30.6. The maximum atomic E-state index is 14.4. The molecule has 0 saturated heterocycles. The molecule has 0 saturated carbocycles.